The highest BCUT2D eigenvalue weighted by Gasteiger charge is 2.11. The minimum Gasteiger partial charge on any atom is -0.384 e. The minimum atomic E-state index is -0.433. The maximum atomic E-state index is 12.2. The zero-order valence-electron chi connectivity index (χ0n) is 13.9. The Morgan fingerprint density at radius 3 is 2.67 bits per heavy atom. The molecule has 0 heterocycles. The summed E-state index contributed by atoms with van der Waals surface area (Å²) in [6, 6.07) is 14.3. The van der Waals surface area contributed by atoms with Crippen molar-refractivity contribution in [1.29, 1.82) is 0 Å². The van der Waals surface area contributed by atoms with Crippen LogP contribution in [0.4, 0.5) is 11.4 Å². The van der Waals surface area contributed by atoms with Crippen LogP contribution in [0.3, 0.4) is 0 Å². The third kappa shape index (κ3) is 4.81. The van der Waals surface area contributed by atoms with Gasteiger partial charge in [-0.3, -0.25) is 14.9 Å². The van der Waals surface area contributed by atoms with Gasteiger partial charge < -0.3 is 10.2 Å². The van der Waals surface area contributed by atoms with E-state index in [0.29, 0.717) is 19.5 Å². The molecule has 2 aromatic carbocycles. The van der Waals surface area contributed by atoms with Crippen molar-refractivity contribution < 1.29 is 9.72 Å². The van der Waals surface area contributed by atoms with E-state index in [1.807, 2.05) is 31.2 Å². The highest BCUT2D eigenvalue weighted by molar-refractivity contribution is 5.76. The Balaban J connectivity index is 1.85. The van der Waals surface area contributed by atoms with Crippen molar-refractivity contribution in [3.05, 3.63) is 69.8 Å². The number of non-ortho nitro benzene ring substituents is 1. The standard InChI is InChI=1S/C18H21N3O3/c1-14-6-3-4-9-17(14)19-11-10-18(22)20(2)13-15-7-5-8-16(12-15)21(23)24/h3-9,12,19H,10-11,13H2,1-2H3. The van der Waals surface area contributed by atoms with Crippen molar-refractivity contribution in [3.63, 3.8) is 0 Å². The van der Waals surface area contributed by atoms with Crippen LogP contribution in [0.5, 0.6) is 0 Å². The van der Waals surface area contributed by atoms with Gasteiger partial charge in [0.1, 0.15) is 0 Å². The summed E-state index contributed by atoms with van der Waals surface area (Å²) >= 11 is 0. The van der Waals surface area contributed by atoms with Gasteiger partial charge in [0.15, 0.2) is 0 Å². The van der Waals surface area contributed by atoms with Crippen LogP contribution in [0.25, 0.3) is 0 Å². The third-order valence-electron chi connectivity index (χ3n) is 3.77. The van der Waals surface area contributed by atoms with Gasteiger partial charge in [0.05, 0.1) is 4.92 Å². The number of carbonyl (C=O) groups is 1. The van der Waals surface area contributed by atoms with Gasteiger partial charge >= 0.3 is 0 Å². The molecule has 2 rings (SSSR count). The van der Waals surface area contributed by atoms with Gasteiger partial charge in [-0.1, -0.05) is 30.3 Å². The van der Waals surface area contributed by atoms with Crippen LogP contribution in [0.15, 0.2) is 48.5 Å². The molecule has 0 radical (unpaired) electrons. The van der Waals surface area contributed by atoms with Gasteiger partial charge in [-0.25, -0.2) is 0 Å². The number of hydrogen-bond acceptors (Lipinski definition) is 4. The molecule has 0 saturated heterocycles. The number of nitro groups is 1. The summed E-state index contributed by atoms with van der Waals surface area (Å²) in [7, 11) is 1.70. The number of nitrogens with one attached hydrogen (secondary N) is 1. The number of aryl methyl sites for hydroxylation is 1. The van der Waals surface area contributed by atoms with Crippen molar-refractivity contribution in [2.45, 2.75) is 19.9 Å². The van der Waals surface area contributed by atoms with E-state index in [2.05, 4.69) is 5.32 Å². The van der Waals surface area contributed by atoms with Crippen molar-refractivity contribution in [1.82, 2.24) is 4.90 Å². The Bertz CT molecular complexity index is 731. The molecule has 0 saturated carbocycles. The molecule has 0 atom stereocenters. The van der Waals surface area contributed by atoms with Crippen molar-refractivity contribution in [2.24, 2.45) is 0 Å². The van der Waals surface area contributed by atoms with Gasteiger partial charge in [-0.15, -0.1) is 0 Å². The molecule has 0 unspecified atom stereocenters. The zero-order valence-corrected chi connectivity index (χ0v) is 13.9. The number of anilines is 1. The molecule has 1 N–H and O–H groups in total. The number of benzene rings is 2. The monoisotopic (exact) mass is 327 g/mol. The molecule has 0 aliphatic rings. The van der Waals surface area contributed by atoms with Crippen molar-refractivity contribution in [3.8, 4) is 0 Å². The van der Waals surface area contributed by atoms with Gasteiger partial charge in [-0.05, 0) is 24.1 Å². The summed E-state index contributed by atoms with van der Waals surface area (Å²) < 4.78 is 0. The molecular weight excluding hydrogens is 306 g/mol. The van der Waals surface area contributed by atoms with Crippen LogP contribution in [0, 0.1) is 17.0 Å². The van der Waals surface area contributed by atoms with Crippen LogP contribution in [-0.4, -0.2) is 29.3 Å². The minimum absolute atomic E-state index is 0.0115. The topological polar surface area (TPSA) is 75.5 Å². The number of nitro benzene ring substituents is 1. The molecule has 6 heteroatoms. The maximum Gasteiger partial charge on any atom is 0.269 e. The Kier molecular flexibility index (Phi) is 5.89. The van der Waals surface area contributed by atoms with Gasteiger partial charge in [0.2, 0.25) is 5.91 Å². The number of hydrogen-bond donors (Lipinski definition) is 1. The SMILES string of the molecule is Cc1ccccc1NCCC(=O)N(C)Cc1cccc([N+](=O)[O-])c1. The first kappa shape index (κ1) is 17.5. The fourth-order valence-corrected chi connectivity index (χ4v) is 2.40. The molecule has 2 aromatic rings. The second kappa shape index (κ2) is 8.10. The molecule has 0 aliphatic carbocycles. The third-order valence-corrected chi connectivity index (χ3v) is 3.77. The molecule has 0 fully saturated rings. The van der Waals surface area contributed by atoms with Crippen LogP contribution in [0.1, 0.15) is 17.5 Å². The summed E-state index contributed by atoms with van der Waals surface area (Å²) in [5.41, 5.74) is 2.93. The summed E-state index contributed by atoms with van der Waals surface area (Å²) in [5, 5.41) is 14.0. The fourth-order valence-electron chi connectivity index (χ4n) is 2.40. The van der Waals surface area contributed by atoms with E-state index in [1.165, 1.54) is 12.1 Å². The summed E-state index contributed by atoms with van der Waals surface area (Å²) in [6.45, 7) is 2.91. The zero-order chi connectivity index (χ0) is 17.5. The summed E-state index contributed by atoms with van der Waals surface area (Å²) in [6.07, 6.45) is 0.361. The van der Waals surface area contributed by atoms with Gasteiger partial charge in [0, 0.05) is 44.4 Å². The predicted molar refractivity (Wildman–Crippen MR) is 93.9 cm³/mol. The van der Waals surface area contributed by atoms with E-state index in [1.54, 1.807) is 24.1 Å². The number of rotatable bonds is 7. The lowest BCUT2D eigenvalue weighted by atomic mass is 10.2. The average Bonchev–Trinajstić information content (AvgIpc) is 2.56. The Hall–Kier alpha value is -2.89. The Labute approximate surface area is 141 Å². The molecule has 1 amide bonds. The first-order valence-electron chi connectivity index (χ1n) is 7.74. The highest BCUT2D eigenvalue weighted by atomic mass is 16.6. The van der Waals surface area contributed by atoms with Gasteiger partial charge in [-0.2, -0.15) is 0 Å². The lowest BCUT2D eigenvalue weighted by Gasteiger charge is -2.18. The van der Waals surface area contributed by atoms with E-state index in [-0.39, 0.29) is 11.6 Å². The molecule has 6 nitrogen and oxygen atoms in total. The maximum absolute atomic E-state index is 12.2. The molecule has 126 valence electrons. The number of amides is 1. The largest absolute Gasteiger partial charge is 0.384 e. The fraction of sp³-hybridized carbons (Fsp3) is 0.278. The Morgan fingerprint density at radius 1 is 1.21 bits per heavy atom. The average molecular weight is 327 g/mol. The second-order valence-corrected chi connectivity index (χ2v) is 5.67. The van der Waals surface area contributed by atoms with Crippen LogP contribution in [-0.2, 0) is 11.3 Å². The predicted octanol–water partition coefficient (Wildman–Crippen LogP) is 3.36. The second-order valence-electron chi connectivity index (χ2n) is 5.67. The van der Waals surface area contributed by atoms with E-state index < -0.39 is 4.92 Å². The smallest absolute Gasteiger partial charge is 0.269 e. The van der Waals surface area contributed by atoms with E-state index in [9.17, 15) is 14.9 Å². The van der Waals surface area contributed by atoms with Crippen molar-refractivity contribution >= 4 is 17.3 Å². The van der Waals surface area contributed by atoms with Gasteiger partial charge in [0.25, 0.3) is 5.69 Å². The van der Waals surface area contributed by atoms with Crippen molar-refractivity contribution in [2.75, 3.05) is 18.9 Å². The summed E-state index contributed by atoms with van der Waals surface area (Å²) in [4.78, 5) is 24.1. The number of carbonyl (C=O) groups excluding carboxylic acids is 1. The first-order valence-corrected chi connectivity index (χ1v) is 7.74. The molecule has 0 spiro atoms. The van der Waals surface area contributed by atoms with Crippen LogP contribution in [0.2, 0.25) is 0 Å². The molecule has 0 aliphatic heterocycles. The molecule has 0 bridgehead atoms. The number of nitrogens with zero attached hydrogens (tertiary/aromatic N) is 2. The molecular formula is C18H21N3O3. The lowest BCUT2D eigenvalue weighted by molar-refractivity contribution is -0.384. The van der Waals surface area contributed by atoms with Crippen LogP contribution < -0.4 is 5.32 Å². The normalized spacial score (nSPS) is 10.2. The molecule has 24 heavy (non-hydrogen) atoms. The summed E-state index contributed by atoms with van der Waals surface area (Å²) in [5.74, 6) is -0.0115. The Morgan fingerprint density at radius 2 is 1.96 bits per heavy atom. The van der Waals surface area contributed by atoms with Crippen LogP contribution >= 0.6 is 0 Å². The highest BCUT2D eigenvalue weighted by Crippen LogP contribution is 2.15. The molecule has 0 aromatic heterocycles. The number of para-hydroxylation sites is 1. The first-order chi connectivity index (χ1) is 11.5. The quantitative estimate of drug-likeness (QED) is 0.625. The van der Waals surface area contributed by atoms with E-state index >= 15 is 0 Å². The van der Waals surface area contributed by atoms with E-state index in [0.717, 1.165) is 16.8 Å². The lowest BCUT2D eigenvalue weighted by Crippen LogP contribution is -2.27. The van der Waals surface area contributed by atoms with E-state index in [4.69, 9.17) is 0 Å².